The van der Waals surface area contributed by atoms with E-state index in [2.05, 4.69) is 5.32 Å². The summed E-state index contributed by atoms with van der Waals surface area (Å²) in [7, 11) is 0. The van der Waals surface area contributed by atoms with Crippen molar-refractivity contribution in [3.8, 4) is 0 Å². The van der Waals surface area contributed by atoms with E-state index in [4.69, 9.17) is 11.6 Å². The van der Waals surface area contributed by atoms with Crippen LogP contribution in [0, 0.1) is 0 Å². The standard InChI is InChI=1S/C14H19ClN2OS/c15-13-5-3-12(19-13)4-6-14(18)17-8-7-10-1-2-11(9-17)16-10/h3,5,10-11,16H,1-2,4,6-9H2. The number of amides is 1. The highest BCUT2D eigenvalue weighted by Crippen LogP contribution is 2.24. The van der Waals surface area contributed by atoms with Crippen LogP contribution < -0.4 is 5.32 Å². The molecule has 2 aliphatic rings. The Morgan fingerprint density at radius 2 is 2.21 bits per heavy atom. The third-order valence-electron chi connectivity index (χ3n) is 4.09. The van der Waals surface area contributed by atoms with Gasteiger partial charge in [0.1, 0.15) is 0 Å². The van der Waals surface area contributed by atoms with E-state index in [-0.39, 0.29) is 0 Å². The van der Waals surface area contributed by atoms with Crippen LogP contribution in [0.3, 0.4) is 0 Å². The molecule has 0 aliphatic carbocycles. The summed E-state index contributed by atoms with van der Waals surface area (Å²) in [4.78, 5) is 15.5. The van der Waals surface area contributed by atoms with Gasteiger partial charge in [-0.2, -0.15) is 0 Å². The third-order valence-corrected chi connectivity index (χ3v) is 5.38. The molecular weight excluding hydrogens is 280 g/mol. The summed E-state index contributed by atoms with van der Waals surface area (Å²) >= 11 is 7.48. The summed E-state index contributed by atoms with van der Waals surface area (Å²) < 4.78 is 0.804. The predicted molar refractivity (Wildman–Crippen MR) is 78.8 cm³/mol. The molecule has 1 amide bonds. The fourth-order valence-electron chi connectivity index (χ4n) is 3.04. The van der Waals surface area contributed by atoms with E-state index < -0.39 is 0 Å². The number of carbonyl (C=O) groups excluding carboxylic acids is 1. The topological polar surface area (TPSA) is 32.3 Å². The average molecular weight is 299 g/mol. The first-order valence-corrected chi connectivity index (χ1v) is 8.18. The summed E-state index contributed by atoms with van der Waals surface area (Å²) in [5, 5.41) is 3.61. The van der Waals surface area contributed by atoms with Gasteiger partial charge in [0.05, 0.1) is 4.34 Å². The lowest BCUT2D eigenvalue weighted by Crippen LogP contribution is -2.39. The normalized spacial score (nSPS) is 26.5. The maximum absolute atomic E-state index is 12.3. The molecule has 2 unspecified atom stereocenters. The third kappa shape index (κ3) is 3.30. The molecule has 1 aromatic rings. The summed E-state index contributed by atoms with van der Waals surface area (Å²) in [6, 6.07) is 5.08. The Balaban J connectivity index is 1.52. The van der Waals surface area contributed by atoms with Crippen molar-refractivity contribution in [1.82, 2.24) is 10.2 Å². The molecule has 104 valence electrons. The number of thiophene rings is 1. The van der Waals surface area contributed by atoms with Gasteiger partial charge < -0.3 is 10.2 Å². The van der Waals surface area contributed by atoms with Crippen molar-refractivity contribution >= 4 is 28.8 Å². The minimum Gasteiger partial charge on any atom is -0.341 e. The van der Waals surface area contributed by atoms with Crippen LogP contribution >= 0.6 is 22.9 Å². The summed E-state index contributed by atoms with van der Waals surface area (Å²) in [5.74, 6) is 0.291. The lowest BCUT2D eigenvalue weighted by atomic mass is 10.1. The van der Waals surface area contributed by atoms with Gasteiger partial charge in [0.15, 0.2) is 0 Å². The van der Waals surface area contributed by atoms with Crippen LogP contribution in [-0.4, -0.2) is 36.0 Å². The Morgan fingerprint density at radius 3 is 3.00 bits per heavy atom. The number of nitrogens with one attached hydrogen (secondary N) is 1. The molecule has 2 saturated heterocycles. The molecule has 3 heterocycles. The molecule has 2 aliphatic heterocycles. The Hall–Kier alpha value is -0.580. The van der Waals surface area contributed by atoms with Crippen LogP contribution in [0.1, 0.15) is 30.6 Å². The average Bonchev–Trinajstić information content (AvgIpc) is 2.92. The quantitative estimate of drug-likeness (QED) is 0.930. The molecular formula is C14H19ClN2OS. The summed E-state index contributed by atoms with van der Waals surface area (Å²) in [6.45, 7) is 1.80. The van der Waals surface area contributed by atoms with E-state index in [1.54, 1.807) is 11.3 Å². The first-order valence-electron chi connectivity index (χ1n) is 6.99. The van der Waals surface area contributed by atoms with Gasteiger partial charge in [0.2, 0.25) is 5.91 Å². The Kier molecular flexibility index (Phi) is 4.10. The molecule has 0 aromatic carbocycles. The Bertz CT molecular complexity index is 462. The first-order chi connectivity index (χ1) is 9.20. The number of hydrogen-bond acceptors (Lipinski definition) is 3. The van der Waals surface area contributed by atoms with Crippen LogP contribution in [0.4, 0.5) is 0 Å². The summed E-state index contributed by atoms with van der Waals surface area (Å²) in [5.41, 5.74) is 0. The minimum atomic E-state index is 0.291. The van der Waals surface area contributed by atoms with E-state index in [0.717, 1.165) is 30.3 Å². The van der Waals surface area contributed by atoms with Crippen molar-refractivity contribution in [2.75, 3.05) is 13.1 Å². The van der Waals surface area contributed by atoms with Gasteiger partial charge in [0, 0.05) is 36.5 Å². The van der Waals surface area contributed by atoms with Crippen molar-refractivity contribution in [1.29, 1.82) is 0 Å². The maximum Gasteiger partial charge on any atom is 0.222 e. The smallest absolute Gasteiger partial charge is 0.222 e. The number of fused-ring (bicyclic) bond motifs is 2. The maximum atomic E-state index is 12.3. The van der Waals surface area contributed by atoms with Crippen molar-refractivity contribution in [2.45, 2.75) is 44.2 Å². The van der Waals surface area contributed by atoms with Crippen molar-refractivity contribution in [3.63, 3.8) is 0 Å². The number of likely N-dealkylation sites (tertiary alicyclic amines) is 1. The number of nitrogens with zero attached hydrogens (tertiary/aromatic N) is 1. The predicted octanol–water partition coefficient (Wildman–Crippen LogP) is 2.69. The highest BCUT2D eigenvalue weighted by atomic mass is 35.5. The van der Waals surface area contributed by atoms with Gasteiger partial charge in [-0.1, -0.05) is 11.6 Å². The van der Waals surface area contributed by atoms with Crippen LogP contribution in [0.2, 0.25) is 4.34 Å². The number of rotatable bonds is 3. The Labute approximate surface area is 122 Å². The highest BCUT2D eigenvalue weighted by molar-refractivity contribution is 7.16. The molecule has 2 bridgehead atoms. The second-order valence-electron chi connectivity index (χ2n) is 5.47. The van der Waals surface area contributed by atoms with Crippen molar-refractivity contribution in [3.05, 3.63) is 21.3 Å². The highest BCUT2D eigenvalue weighted by Gasteiger charge is 2.30. The van der Waals surface area contributed by atoms with Crippen LogP contribution in [0.25, 0.3) is 0 Å². The van der Waals surface area contributed by atoms with Gasteiger partial charge in [-0.3, -0.25) is 4.79 Å². The molecule has 0 radical (unpaired) electrons. The zero-order valence-corrected chi connectivity index (χ0v) is 12.5. The van der Waals surface area contributed by atoms with Gasteiger partial charge in [-0.15, -0.1) is 11.3 Å². The lowest BCUT2D eigenvalue weighted by Gasteiger charge is -2.24. The Morgan fingerprint density at radius 1 is 1.37 bits per heavy atom. The minimum absolute atomic E-state index is 0.291. The molecule has 2 atom stereocenters. The van der Waals surface area contributed by atoms with E-state index in [1.807, 2.05) is 17.0 Å². The number of carbonyl (C=O) groups is 1. The van der Waals surface area contributed by atoms with Crippen molar-refractivity contribution in [2.24, 2.45) is 0 Å². The molecule has 3 rings (SSSR count). The van der Waals surface area contributed by atoms with Crippen LogP contribution in [0.15, 0.2) is 12.1 Å². The number of aryl methyl sites for hydroxylation is 1. The summed E-state index contributed by atoms with van der Waals surface area (Å²) in [6.07, 6.45) is 5.02. The molecule has 19 heavy (non-hydrogen) atoms. The molecule has 0 saturated carbocycles. The largest absolute Gasteiger partial charge is 0.341 e. The van der Waals surface area contributed by atoms with Crippen molar-refractivity contribution < 1.29 is 4.79 Å². The van der Waals surface area contributed by atoms with Crippen LogP contribution in [-0.2, 0) is 11.2 Å². The molecule has 1 N–H and O–H groups in total. The zero-order chi connectivity index (χ0) is 13.2. The van der Waals surface area contributed by atoms with Gasteiger partial charge in [0.25, 0.3) is 0 Å². The number of hydrogen-bond donors (Lipinski definition) is 1. The van der Waals surface area contributed by atoms with Gasteiger partial charge in [-0.25, -0.2) is 0 Å². The second-order valence-corrected chi connectivity index (χ2v) is 7.27. The molecule has 1 aromatic heterocycles. The SMILES string of the molecule is O=C(CCc1ccc(Cl)s1)N1CCC2CCC(C1)N2. The molecule has 2 fully saturated rings. The molecule has 3 nitrogen and oxygen atoms in total. The van der Waals surface area contributed by atoms with E-state index in [0.29, 0.717) is 24.4 Å². The fraction of sp³-hybridized carbons (Fsp3) is 0.643. The fourth-order valence-corrected chi connectivity index (χ4v) is 4.13. The molecule has 5 heteroatoms. The van der Waals surface area contributed by atoms with E-state index in [1.165, 1.54) is 17.7 Å². The second kappa shape index (κ2) is 5.81. The van der Waals surface area contributed by atoms with Crippen LogP contribution in [0.5, 0.6) is 0 Å². The van der Waals surface area contributed by atoms with Gasteiger partial charge >= 0.3 is 0 Å². The van der Waals surface area contributed by atoms with E-state index in [9.17, 15) is 4.79 Å². The zero-order valence-electron chi connectivity index (χ0n) is 10.9. The van der Waals surface area contributed by atoms with Gasteiger partial charge in [-0.05, 0) is 37.8 Å². The number of halogens is 1. The monoisotopic (exact) mass is 298 g/mol. The van der Waals surface area contributed by atoms with E-state index >= 15 is 0 Å². The lowest BCUT2D eigenvalue weighted by molar-refractivity contribution is -0.131. The molecule has 0 spiro atoms. The first kappa shape index (κ1) is 13.4.